The maximum Gasteiger partial charge on any atom is 0.258 e. The Morgan fingerprint density at radius 2 is 1.89 bits per heavy atom. The van der Waals surface area contributed by atoms with E-state index in [-0.39, 0.29) is 36.5 Å². The first-order valence-corrected chi connectivity index (χ1v) is 10.2. The van der Waals surface area contributed by atoms with Crippen molar-refractivity contribution >= 4 is 35.8 Å². The Labute approximate surface area is 186 Å². The lowest BCUT2D eigenvalue weighted by molar-refractivity contribution is -0.123. The van der Waals surface area contributed by atoms with Gasteiger partial charge in [0.05, 0.1) is 0 Å². The van der Waals surface area contributed by atoms with Crippen LogP contribution in [0.5, 0.6) is 5.75 Å². The van der Waals surface area contributed by atoms with Crippen LogP contribution in [0, 0.1) is 0 Å². The number of halogens is 1. The third-order valence-electron chi connectivity index (χ3n) is 4.32. The number of unbranched alkanes of at least 4 members (excludes halogenated alkanes) is 2. The average molecular weight is 502 g/mol. The van der Waals surface area contributed by atoms with Gasteiger partial charge >= 0.3 is 0 Å². The molecule has 1 fully saturated rings. The van der Waals surface area contributed by atoms with Crippen LogP contribution in [-0.2, 0) is 11.2 Å². The van der Waals surface area contributed by atoms with Crippen molar-refractivity contribution in [3.8, 4) is 5.75 Å². The van der Waals surface area contributed by atoms with E-state index in [1.165, 1.54) is 18.4 Å². The summed E-state index contributed by atoms with van der Waals surface area (Å²) in [5.41, 5.74) is 1.22. The lowest BCUT2D eigenvalue weighted by Gasteiger charge is -2.11. The number of nitrogens with zero attached hydrogens (tertiary/aromatic N) is 1. The minimum Gasteiger partial charge on any atom is -0.484 e. The first-order chi connectivity index (χ1) is 13.2. The van der Waals surface area contributed by atoms with Gasteiger partial charge in [-0.25, -0.2) is 0 Å². The Morgan fingerprint density at radius 3 is 2.54 bits per heavy atom. The minimum atomic E-state index is -0.0417. The van der Waals surface area contributed by atoms with E-state index in [2.05, 4.69) is 34.8 Å². The predicted octanol–water partition coefficient (Wildman–Crippen LogP) is 3.25. The van der Waals surface area contributed by atoms with Crippen LogP contribution < -0.4 is 20.7 Å². The summed E-state index contributed by atoms with van der Waals surface area (Å²) in [6, 6.07) is 8.30. The van der Waals surface area contributed by atoms with Crippen LogP contribution in [0.15, 0.2) is 29.3 Å². The Kier molecular flexibility index (Phi) is 12.7. The number of nitrogens with one attached hydrogen (secondary N) is 3. The summed E-state index contributed by atoms with van der Waals surface area (Å²) in [6.45, 7) is 6.91. The highest BCUT2D eigenvalue weighted by Gasteiger charge is 2.23. The molecule has 158 valence electrons. The number of carbonyl (C=O) groups excluding carboxylic acids is 1. The number of hydrogen-bond acceptors (Lipinski definition) is 3. The summed E-state index contributed by atoms with van der Waals surface area (Å²) in [7, 11) is 0. The Hall–Kier alpha value is -1.51. The summed E-state index contributed by atoms with van der Waals surface area (Å²) < 4.78 is 5.53. The molecule has 0 radical (unpaired) electrons. The summed E-state index contributed by atoms with van der Waals surface area (Å²) >= 11 is 0. The molecule has 3 N–H and O–H groups in total. The fourth-order valence-electron chi connectivity index (χ4n) is 2.62. The van der Waals surface area contributed by atoms with Crippen LogP contribution in [0.1, 0.15) is 51.5 Å². The fraction of sp³-hybridized carbons (Fsp3) is 0.619. The van der Waals surface area contributed by atoms with Crippen LogP contribution in [0.3, 0.4) is 0 Å². The monoisotopic (exact) mass is 502 g/mol. The highest BCUT2D eigenvalue weighted by molar-refractivity contribution is 14.0. The van der Waals surface area contributed by atoms with Gasteiger partial charge in [0.15, 0.2) is 12.6 Å². The molecule has 0 spiro atoms. The number of carbonyl (C=O) groups is 1. The maximum atomic E-state index is 11.6. The van der Waals surface area contributed by atoms with Crippen molar-refractivity contribution in [1.82, 2.24) is 16.0 Å². The van der Waals surface area contributed by atoms with Gasteiger partial charge in [0, 0.05) is 25.7 Å². The molecule has 0 heterocycles. The van der Waals surface area contributed by atoms with Crippen LogP contribution in [-0.4, -0.2) is 44.1 Å². The summed E-state index contributed by atoms with van der Waals surface area (Å²) in [5.74, 6) is 1.57. The molecule has 1 amide bonds. The number of aliphatic imine (C=N–C) groups is 1. The zero-order chi connectivity index (χ0) is 19.3. The molecule has 28 heavy (non-hydrogen) atoms. The SMILES string of the molecule is CCCCCN=C(NCC)NCCc1ccc(OCC(=O)NC2CC2)cc1.I. The van der Waals surface area contributed by atoms with Crippen LogP contribution in [0.25, 0.3) is 0 Å². The lowest BCUT2D eigenvalue weighted by atomic mass is 10.1. The van der Waals surface area contributed by atoms with Crippen molar-refractivity contribution in [2.45, 2.75) is 58.4 Å². The number of benzene rings is 1. The normalized spacial score (nSPS) is 13.4. The summed E-state index contributed by atoms with van der Waals surface area (Å²) in [6.07, 6.45) is 6.65. The lowest BCUT2D eigenvalue weighted by Crippen LogP contribution is -2.38. The van der Waals surface area contributed by atoms with Crippen molar-refractivity contribution in [2.75, 3.05) is 26.2 Å². The van der Waals surface area contributed by atoms with Crippen molar-refractivity contribution in [2.24, 2.45) is 4.99 Å². The molecule has 2 rings (SSSR count). The predicted molar refractivity (Wildman–Crippen MR) is 126 cm³/mol. The molecule has 0 saturated heterocycles. The number of ether oxygens (including phenoxy) is 1. The molecule has 0 unspecified atom stereocenters. The molecule has 1 aliphatic rings. The van der Waals surface area contributed by atoms with Crippen LogP contribution >= 0.6 is 24.0 Å². The van der Waals surface area contributed by atoms with Gasteiger partial charge in [-0.1, -0.05) is 31.9 Å². The molecular weight excluding hydrogens is 467 g/mol. The van der Waals surface area contributed by atoms with E-state index < -0.39 is 0 Å². The Bertz CT molecular complexity index is 589. The van der Waals surface area contributed by atoms with Crippen molar-refractivity contribution in [1.29, 1.82) is 0 Å². The maximum absolute atomic E-state index is 11.6. The number of rotatable bonds is 12. The van der Waals surface area contributed by atoms with Gasteiger partial charge < -0.3 is 20.7 Å². The molecule has 1 aromatic carbocycles. The van der Waals surface area contributed by atoms with Crippen molar-refractivity contribution < 1.29 is 9.53 Å². The number of guanidine groups is 1. The third-order valence-corrected chi connectivity index (χ3v) is 4.32. The first-order valence-electron chi connectivity index (χ1n) is 10.2. The van der Waals surface area contributed by atoms with E-state index in [1.807, 2.05) is 24.3 Å². The number of amides is 1. The standard InChI is InChI=1S/C21H34N4O2.HI/c1-3-5-6-14-23-21(22-4-2)24-15-13-17-7-11-19(12-8-17)27-16-20(26)25-18-9-10-18;/h7-8,11-12,18H,3-6,9-10,13-16H2,1-2H3,(H,25,26)(H2,22,23,24);1H. The summed E-state index contributed by atoms with van der Waals surface area (Å²) in [5, 5.41) is 9.58. The highest BCUT2D eigenvalue weighted by atomic mass is 127. The smallest absolute Gasteiger partial charge is 0.258 e. The zero-order valence-electron chi connectivity index (χ0n) is 17.1. The van der Waals surface area contributed by atoms with Crippen LogP contribution in [0.2, 0.25) is 0 Å². The molecule has 7 heteroatoms. The third kappa shape index (κ3) is 10.7. The van der Waals surface area contributed by atoms with Crippen molar-refractivity contribution in [3.63, 3.8) is 0 Å². The van der Waals surface area contributed by atoms with Gasteiger partial charge in [-0.3, -0.25) is 9.79 Å². The topological polar surface area (TPSA) is 74.8 Å². The summed E-state index contributed by atoms with van der Waals surface area (Å²) in [4.78, 5) is 16.2. The fourth-order valence-corrected chi connectivity index (χ4v) is 2.62. The van der Waals surface area contributed by atoms with E-state index in [9.17, 15) is 4.79 Å². The molecule has 0 atom stereocenters. The minimum absolute atomic E-state index is 0. The Balaban J connectivity index is 0.00000392. The molecule has 1 aromatic rings. The number of hydrogen-bond donors (Lipinski definition) is 3. The van der Waals surface area contributed by atoms with E-state index in [1.54, 1.807) is 0 Å². The molecular formula is C21H35IN4O2. The molecule has 0 bridgehead atoms. The second-order valence-corrected chi connectivity index (χ2v) is 6.92. The van der Waals surface area contributed by atoms with E-state index in [0.29, 0.717) is 6.04 Å². The quantitative estimate of drug-likeness (QED) is 0.178. The van der Waals surface area contributed by atoms with Crippen molar-refractivity contribution in [3.05, 3.63) is 29.8 Å². The molecule has 0 aliphatic heterocycles. The van der Waals surface area contributed by atoms with E-state index in [4.69, 9.17) is 4.74 Å². The van der Waals surface area contributed by atoms with E-state index >= 15 is 0 Å². The average Bonchev–Trinajstić information content (AvgIpc) is 3.48. The van der Waals surface area contributed by atoms with E-state index in [0.717, 1.165) is 57.0 Å². The second kappa shape index (κ2) is 14.5. The Morgan fingerprint density at radius 1 is 1.14 bits per heavy atom. The molecule has 1 aliphatic carbocycles. The largest absolute Gasteiger partial charge is 0.484 e. The van der Waals surface area contributed by atoms with Gasteiger partial charge in [0.2, 0.25) is 0 Å². The van der Waals surface area contributed by atoms with Gasteiger partial charge in [0.25, 0.3) is 5.91 Å². The molecule has 0 aromatic heterocycles. The van der Waals surface area contributed by atoms with Crippen LogP contribution in [0.4, 0.5) is 0 Å². The second-order valence-electron chi connectivity index (χ2n) is 6.92. The van der Waals surface area contributed by atoms with Gasteiger partial charge in [-0.05, 0) is 50.3 Å². The first kappa shape index (κ1) is 24.5. The molecule has 6 nitrogen and oxygen atoms in total. The van der Waals surface area contributed by atoms with Gasteiger partial charge in [0.1, 0.15) is 5.75 Å². The zero-order valence-corrected chi connectivity index (χ0v) is 19.5. The molecule has 1 saturated carbocycles. The van der Waals surface area contributed by atoms with Gasteiger partial charge in [-0.15, -0.1) is 24.0 Å². The van der Waals surface area contributed by atoms with Gasteiger partial charge in [-0.2, -0.15) is 0 Å². The highest BCUT2D eigenvalue weighted by Crippen LogP contribution is 2.18.